The summed E-state index contributed by atoms with van der Waals surface area (Å²) >= 11 is 0. The van der Waals surface area contributed by atoms with Crippen molar-refractivity contribution in [2.24, 2.45) is 40.7 Å². The zero-order valence-corrected chi connectivity index (χ0v) is 15.8. The van der Waals surface area contributed by atoms with E-state index in [1.54, 1.807) is 0 Å². The second-order valence-electron chi connectivity index (χ2n) is 9.70. The standard InChI is InChI=1S/C20H33NO5/c1-19-6-4-13-14(3-2-12-10-17(21)18(22)11-15(12)13)16(19)5-7-20(19)25-23-8-9-24-26-20/h12-18,22H,2-11,21H2,1H3/t12-,13-,14+,15-,16-,17+,18-,19-/m0/s1. The van der Waals surface area contributed by atoms with Crippen LogP contribution in [0.3, 0.4) is 0 Å². The van der Waals surface area contributed by atoms with Gasteiger partial charge < -0.3 is 10.8 Å². The minimum atomic E-state index is -0.760. The lowest BCUT2D eigenvalue weighted by molar-refractivity contribution is -0.505. The van der Waals surface area contributed by atoms with E-state index in [2.05, 4.69) is 6.92 Å². The van der Waals surface area contributed by atoms with E-state index in [0.717, 1.165) is 32.1 Å². The van der Waals surface area contributed by atoms with Crippen molar-refractivity contribution in [3.8, 4) is 0 Å². The normalized spacial score (nSPS) is 53.4. The Bertz CT molecular complexity index is 536. The van der Waals surface area contributed by atoms with Crippen LogP contribution in [-0.4, -0.2) is 36.3 Å². The van der Waals surface area contributed by atoms with E-state index in [1.165, 1.54) is 19.3 Å². The van der Waals surface area contributed by atoms with Gasteiger partial charge in [0.05, 0.1) is 6.10 Å². The molecular formula is C20H33NO5. The van der Waals surface area contributed by atoms with Gasteiger partial charge >= 0.3 is 0 Å². The van der Waals surface area contributed by atoms with E-state index in [4.69, 9.17) is 25.3 Å². The topological polar surface area (TPSA) is 83.2 Å². The maximum atomic E-state index is 10.4. The van der Waals surface area contributed by atoms with Crippen LogP contribution < -0.4 is 5.73 Å². The third-order valence-corrected chi connectivity index (χ3v) is 8.78. The molecule has 4 aliphatic carbocycles. The van der Waals surface area contributed by atoms with Crippen LogP contribution in [0.4, 0.5) is 0 Å². The molecule has 6 heteroatoms. The molecule has 5 fully saturated rings. The molecule has 6 nitrogen and oxygen atoms in total. The SMILES string of the molecule is C[C@]12CC[C@H]3[C@@H](CC[C@H]4C[C@@H](N)[C@@H](O)C[C@@H]43)[C@@H]1CCC21OOCCOO1. The van der Waals surface area contributed by atoms with Gasteiger partial charge in [-0.25, -0.2) is 9.78 Å². The van der Waals surface area contributed by atoms with Crippen LogP contribution in [0.2, 0.25) is 0 Å². The molecule has 1 aliphatic heterocycles. The summed E-state index contributed by atoms with van der Waals surface area (Å²) in [6.07, 6.45) is 8.26. The van der Waals surface area contributed by atoms with Gasteiger partial charge in [0.15, 0.2) is 0 Å². The first-order chi connectivity index (χ1) is 12.5. The third-order valence-electron chi connectivity index (χ3n) is 8.78. The molecule has 0 bridgehead atoms. The zero-order chi connectivity index (χ0) is 17.9. The van der Waals surface area contributed by atoms with Crippen molar-refractivity contribution >= 4 is 0 Å². The van der Waals surface area contributed by atoms with Gasteiger partial charge in [-0.3, -0.25) is 0 Å². The smallest absolute Gasteiger partial charge is 0.239 e. The Balaban J connectivity index is 1.40. The molecule has 5 aliphatic rings. The van der Waals surface area contributed by atoms with Crippen LogP contribution in [0.25, 0.3) is 0 Å². The molecule has 1 spiro atoms. The van der Waals surface area contributed by atoms with Crippen molar-refractivity contribution in [2.75, 3.05) is 13.2 Å². The average molecular weight is 367 g/mol. The Morgan fingerprint density at radius 3 is 2.42 bits per heavy atom. The van der Waals surface area contributed by atoms with Crippen LogP contribution in [0.1, 0.15) is 58.3 Å². The molecule has 4 saturated carbocycles. The monoisotopic (exact) mass is 367 g/mol. The number of hydrogen-bond donors (Lipinski definition) is 2. The summed E-state index contributed by atoms with van der Waals surface area (Å²) in [5, 5.41) is 10.4. The summed E-state index contributed by atoms with van der Waals surface area (Å²) in [6, 6.07) is -0.0292. The molecule has 0 aromatic carbocycles. The molecule has 1 heterocycles. The highest BCUT2D eigenvalue weighted by Crippen LogP contribution is 2.66. The van der Waals surface area contributed by atoms with Gasteiger partial charge in [0, 0.05) is 17.9 Å². The van der Waals surface area contributed by atoms with Crippen molar-refractivity contribution in [1.82, 2.24) is 0 Å². The number of aliphatic hydroxyl groups is 1. The van der Waals surface area contributed by atoms with Gasteiger partial charge in [-0.05, 0) is 74.5 Å². The summed E-state index contributed by atoms with van der Waals surface area (Å²) in [5.41, 5.74) is 6.08. The highest BCUT2D eigenvalue weighted by molar-refractivity contribution is 5.10. The minimum Gasteiger partial charge on any atom is -0.392 e. The fraction of sp³-hybridized carbons (Fsp3) is 1.00. The maximum Gasteiger partial charge on any atom is 0.239 e. The molecular weight excluding hydrogens is 334 g/mol. The van der Waals surface area contributed by atoms with Gasteiger partial charge in [-0.15, -0.1) is 0 Å². The maximum absolute atomic E-state index is 10.4. The molecule has 1 saturated heterocycles. The van der Waals surface area contributed by atoms with Gasteiger partial charge in [0.2, 0.25) is 5.79 Å². The lowest BCUT2D eigenvalue weighted by Gasteiger charge is -2.57. The lowest BCUT2D eigenvalue weighted by atomic mass is 9.50. The van der Waals surface area contributed by atoms with E-state index < -0.39 is 5.79 Å². The van der Waals surface area contributed by atoms with Crippen molar-refractivity contribution in [1.29, 1.82) is 0 Å². The Morgan fingerprint density at radius 2 is 1.65 bits per heavy atom. The van der Waals surface area contributed by atoms with Crippen LogP contribution in [0.5, 0.6) is 0 Å². The summed E-state index contributed by atoms with van der Waals surface area (Å²) in [7, 11) is 0. The van der Waals surface area contributed by atoms with Crippen molar-refractivity contribution < 1.29 is 24.7 Å². The minimum absolute atomic E-state index is 0.0292. The summed E-state index contributed by atoms with van der Waals surface area (Å²) in [6.45, 7) is 3.14. The predicted molar refractivity (Wildman–Crippen MR) is 93.3 cm³/mol. The summed E-state index contributed by atoms with van der Waals surface area (Å²) < 4.78 is 0. The molecule has 0 aromatic rings. The van der Waals surface area contributed by atoms with Crippen LogP contribution in [0.15, 0.2) is 0 Å². The van der Waals surface area contributed by atoms with Gasteiger partial charge in [-0.2, -0.15) is 9.78 Å². The average Bonchev–Trinajstić information content (AvgIpc) is 2.78. The predicted octanol–water partition coefficient (Wildman–Crippen LogP) is 2.54. The van der Waals surface area contributed by atoms with E-state index in [1.807, 2.05) is 0 Å². The Kier molecular flexibility index (Phi) is 4.38. The van der Waals surface area contributed by atoms with E-state index in [-0.39, 0.29) is 17.6 Å². The van der Waals surface area contributed by atoms with Gasteiger partial charge in [-0.1, -0.05) is 6.92 Å². The quantitative estimate of drug-likeness (QED) is 0.640. The first-order valence-electron chi connectivity index (χ1n) is 10.6. The highest BCUT2D eigenvalue weighted by Gasteiger charge is 2.67. The third kappa shape index (κ3) is 2.46. The molecule has 0 aromatic heterocycles. The summed E-state index contributed by atoms with van der Waals surface area (Å²) in [4.78, 5) is 22.5. The first-order valence-corrected chi connectivity index (χ1v) is 10.6. The van der Waals surface area contributed by atoms with E-state index >= 15 is 0 Å². The number of nitrogens with two attached hydrogens (primary N) is 1. The van der Waals surface area contributed by atoms with E-state index in [0.29, 0.717) is 42.8 Å². The zero-order valence-electron chi connectivity index (χ0n) is 15.8. The van der Waals surface area contributed by atoms with Crippen LogP contribution in [-0.2, 0) is 19.6 Å². The summed E-state index contributed by atoms with van der Waals surface area (Å²) in [5.74, 6) is 2.53. The number of rotatable bonds is 0. The van der Waals surface area contributed by atoms with E-state index in [9.17, 15) is 5.11 Å². The molecule has 0 amide bonds. The Morgan fingerprint density at radius 1 is 0.885 bits per heavy atom. The molecule has 5 rings (SSSR count). The van der Waals surface area contributed by atoms with Gasteiger partial charge in [0.1, 0.15) is 13.2 Å². The number of fused-ring (bicyclic) bond motifs is 6. The second-order valence-corrected chi connectivity index (χ2v) is 9.70. The number of aliphatic hydroxyl groups excluding tert-OH is 1. The van der Waals surface area contributed by atoms with Crippen molar-refractivity contribution in [3.05, 3.63) is 0 Å². The van der Waals surface area contributed by atoms with Crippen molar-refractivity contribution in [2.45, 2.75) is 76.2 Å². The van der Waals surface area contributed by atoms with Gasteiger partial charge in [0.25, 0.3) is 0 Å². The largest absolute Gasteiger partial charge is 0.392 e. The van der Waals surface area contributed by atoms with Crippen molar-refractivity contribution in [3.63, 3.8) is 0 Å². The lowest BCUT2D eigenvalue weighted by Crippen LogP contribution is -2.56. The molecule has 0 radical (unpaired) electrons. The fourth-order valence-corrected chi connectivity index (χ4v) is 7.44. The molecule has 148 valence electrons. The second kappa shape index (κ2) is 6.39. The number of hydrogen-bond acceptors (Lipinski definition) is 6. The molecule has 26 heavy (non-hydrogen) atoms. The van der Waals surface area contributed by atoms with Crippen LogP contribution >= 0.6 is 0 Å². The Hall–Kier alpha value is -0.240. The molecule has 0 unspecified atom stereocenters. The highest BCUT2D eigenvalue weighted by atomic mass is 17.3. The fourth-order valence-electron chi connectivity index (χ4n) is 7.44. The molecule has 8 atom stereocenters. The Labute approximate surface area is 155 Å². The first kappa shape index (κ1) is 17.8. The molecule has 3 N–H and O–H groups in total. The van der Waals surface area contributed by atoms with Crippen LogP contribution in [0, 0.1) is 35.0 Å².